The predicted octanol–water partition coefficient (Wildman–Crippen LogP) is 6.30. The first-order valence-electron chi connectivity index (χ1n) is 18.1. The quantitative estimate of drug-likeness (QED) is 0.267. The van der Waals surface area contributed by atoms with E-state index in [9.17, 15) is 22.8 Å². The van der Waals surface area contributed by atoms with Crippen LogP contribution in [0.3, 0.4) is 0 Å². The van der Waals surface area contributed by atoms with E-state index in [1.165, 1.54) is 11.3 Å². The number of ketones is 1. The summed E-state index contributed by atoms with van der Waals surface area (Å²) < 4.78 is 40.4. The van der Waals surface area contributed by atoms with E-state index in [2.05, 4.69) is 21.8 Å². The first-order chi connectivity index (χ1) is 24.4. The number of methoxy groups -OCH3 is 1. The van der Waals surface area contributed by atoms with Gasteiger partial charge in [0, 0.05) is 18.8 Å². The number of benzene rings is 2. The fourth-order valence-corrected chi connectivity index (χ4v) is 9.99. The maximum absolute atomic E-state index is 14.6. The van der Waals surface area contributed by atoms with Crippen LogP contribution >= 0.6 is 11.3 Å². The number of nitrogens with one attached hydrogen (secondary N) is 1. The minimum absolute atomic E-state index is 0.0851. The lowest BCUT2D eigenvalue weighted by atomic mass is 9.89. The van der Waals surface area contributed by atoms with Crippen molar-refractivity contribution < 1.29 is 32.3 Å². The Bertz CT molecular complexity index is 1970. The Morgan fingerprint density at radius 2 is 1.94 bits per heavy atom. The average Bonchev–Trinajstić information content (AvgIpc) is 3.91. The van der Waals surface area contributed by atoms with Crippen LogP contribution in [0.2, 0.25) is 0 Å². The number of Topliss-reactive ketones (excluding diaryl/α,β-unsaturated/α-hetero) is 1. The molecule has 3 heterocycles. The second kappa shape index (κ2) is 14.0. The molecule has 0 unspecified atom stereocenters. The van der Waals surface area contributed by atoms with Gasteiger partial charge in [0.05, 0.1) is 40.1 Å². The van der Waals surface area contributed by atoms with Gasteiger partial charge in [-0.1, -0.05) is 66.2 Å². The molecule has 3 aromatic rings. The average molecular weight is 734 g/mol. The highest BCUT2D eigenvalue weighted by atomic mass is 32.2. The van der Waals surface area contributed by atoms with Crippen LogP contribution in [0.15, 0.2) is 54.6 Å². The molecule has 2 saturated carbocycles. The number of carbonyl (C=O) groups is 3. The summed E-state index contributed by atoms with van der Waals surface area (Å²) in [6.07, 6.45) is 9.91. The van der Waals surface area contributed by atoms with Gasteiger partial charge in [0.15, 0.2) is 5.78 Å². The number of nitrogens with zero attached hydrogens (tertiary/aromatic N) is 2. The van der Waals surface area contributed by atoms with Crippen LogP contribution in [0.25, 0.3) is 10.2 Å². The van der Waals surface area contributed by atoms with Crippen molar-refractivity contribution in [3.63, 3.8) is 0 Å². The highest BCUT2D eigenvalue weighted by Gasteiger charge is 2.62. The van der Waals surface area contributed by atoms with Gasteiger partial charge >= 0.3 is 0 Å². The maximum Gasteiger partial charge on any atom is 0.274 e. The highest BCUT2D eigenvalue weighted by Crippen LogP contribution is 2.57. The fourth-order valence-electron chi connectivity index (χ4n) is 7.75. The number of rotatable bonds is 8. The lowest BCUT2D eigenvalue weighted by molar-refractivity contribution is -0.142. The Labute approximate surface area is 304 Å². The monoisotopic (exact) mass is 733 g/mol. The zero-order valence-electron chi connectivity index (χ0n) is 29.6. The Balaban J connectivity index is 1.18. The lowest BCUT2D eigenvalue weighted by Gasteiger charge is -2.29. The van der Waals surface area contributed by atoms with Crippen molar-refractivity contribution in [1.29, 1.82) is 0 Å². The van der Waals surface area contributed by atoms with E-state index >= 15 is 0 Å². The summed E-state index contributed by atoms with van der Waals surface area (Å²) in [5.74, 6) is -0.807. The van der Waals surface area contributed by atoms with E-state index in [-0.39, 0.29) is 42.9 Å². The van der Waals surface area contributed by atoms with Gasteiger partial charge in [-0.25, -0.2) is 13.4 Å². The number of thiazole rings is 1. The van der Waals surface area contributed by atoms with Gasteiger partial charge in [-0.2, -0.15) is 0 Å². The number of aryl methyl sites for hydroxylation is 1. The van der Waals surface area contributed by atoms with Gasteiger partial charge in [-0.15, -0.1) is 0 Å². The molecule has 10 nitrogen and oxygen atoms in total. The molecule has 51 heavy (non-hydrogen) atoms. The Morgan fingerprint density at radius 3 is 2.71 bits per heavy atom. The number of sulfonamides is 1. The largest absolute Gasteiger partial charge is 0.497 e. The van der Waals surface area contributed by atoms with Crippen LogP contribution in [-0.2, 0) is 30.8 Å². The molecule has 12 heteroatoms. The summed E-state index contributed by atoms with van der Waals surface area (Å²) in [6.45, 7) is 3.90. The molecule has 4 aliphatic rings. The van der Waals surface area contributed by atoms with Crippen LogP contribution in [0, 0.1) is 24.2 Å². The normalized spacial score (nSPS) is 28.6. The standard InChI is InChI=1S/C39H47N3O7S2/c1-25-10-9-11-26(18-25)19-27-12-7-5-4-6-8-13-28-22-39(28,36(45)41-51(46,47)38(2)16-17-38)23-33(43)32-20-30(24-42(32)35(27)44)49-37-40-31-15-14-29(48-3)21-34(31)50-37/h8-11,13-15,18,21,27-28,30,32H,4-7,12,16-17,19-20,22-24H2,1-3H3,(H,41,45)/b13-8-/t27-,28-,30-,32+,39-/m1/s1. The van der Waals surface area contributed by atoms with Gasteiger partial charge in [0.1, 0.15) is 11.9 Å². The van der Waals surface area contributed by atoms with Crippen LogP contribution < -0.4 is 14.2 Å². The lowest BCUT2D eigenvalue weighted by Crippen LogP contribution is -2.47. The number of amides is 2. The molecule has 5 atom stereocenters. The summed E-state index contributed by atoms with van der Waals surface area (Å²) in [4.78, 5) is 49.3. The number of carbonyl (C=O) groups excluding carboxylic acids is 3. The van der Waals surface area contributed by atoms with E-state index in [1.807, 2.05) is 49.4 Å². The molecular formula is C39H47N3O7S2. The van der Waals surface area contributed by atoms with Crippen molar-refractivity contribution in [2.75, 3.05) is 13.7 Å². The number of aromatic nitrogens is 1. The van der Waals surface area contributed by atoms with Crippen molar-refractivity contribution in [1.82, 2.24) is 14.6 Å². The van der Waals surface area contributed by atoms with Crippen LogP contribution in [0.4, 0.5) is 0 Å². The molecule has 1 saturated heterocycles. The molecular weight excluding hydrogens is 687 g/mol. The molecule has 0 radical (unpaired) electrons. The van der Waals surface area contributed by atoms with Crippen molar-refractivity contribution in [2.24, 2.45) is 17.3 Å². The minimum atomic E-state index is -3.89. The SMILES string of the molecule is COc1ccc2nc(O[C@@H]3C[C@H]4C(=O)C[C@]5(C(=O)NS(=O)(=O)C6(C)CC6)C[C@H]5/C=C\CCCCC[C@H](Cc5cccc(C)c5)C(=O)N4C3)sc2c1. The molecule has 1 N–H and O–H groups in total. The van der Waals surface area contributed by atoms with E-state index in [4.69, 9.17) is 9.47 Å². The molecule has 0 bridgehead atoms. The van der Waals surface area contributed by atoms with Gasteiger partial charge in [0.2, 0.25) is 21.8 Å². The maximum atomic E-state index is 14.6. The van der Waals surface area contributed by atoms with E-state index in [0.29, 0.717) is 43.0 Å². The van der Waals surface area contributed by atoms with E-state index < -0.39 is 38.2 Å². The summed E-state index contributed by atoms with van der Waals surface area (Å²) in [5.41, 5.74) is 1.80. The van der Waals surface area contributed by atoms with Crippen molar-refractivity contribution in [3.05, 3.63) is 65.7 Å². The molecule has 2 aromatic carbocycles. The third-order valence-corrected chi connectivity index (χ3v) is 14.4. The zero-order valence-corrected chi connectivity index (χ0v) is 31.2. The van der Waals surface area contributed by atoms with Gasteiger partial charge < -0.3 is 14.4 Å². The Kier molecular flexibility index (Phi) is 9.77. The van der Waals surface area contributed by atoms with Crippen molar-refractivity contribution >= 4 is 49.2 Å². The second-order valence-electron chi connectivity index (χ2n) is 15.2. The number of fused-ring (bicyclic) bond motifs is 3. The van der Waals surface area contributed by atoms with Crippen molar-refractivity contribution in [2.45, 2.75) is 101 Å². The first-order valence-corrected chi connectivity index (χ1v) is 20.4. The van der Waals surface area contributed by atoms with E-state index in [1.54, 1.807) is 18.9 Å². The molecule has 1 aromatic heterocycles. The number of ether oxygens (including phenoxy) is 2. The number of hydrogen-bond acceptors (Lipinski definition) is 9. The van der Waals surface area contributed by atoms with Crippen LogP contribution in [0.1, 0.15) is 82.3 Å². The topological polar surface area (TPSA) is 132 Å². The van der Waals surface area contributed by atoms with Gasteiger partial charge in [-0.3, -0.25) is 19.1 Å². The van der Waals surface area contributed by atoms with E-state index in [0.717, 1.165) is 47.0 Å². The summed E-state index contributed by atoms with van der Waals surface area (Å²) in [5, 5.41) is 0.448. The minimum Gasteiger partial charge on any atom is -0.497 e. The first kappa shape index (κ1) is 35.6. The molecule has 2 amide bonds. The molecule has 0 spiro atoms. The molecule has 3 fully saturated rings. The third kappa shape index (κ3) is 7.44. The van der Waals surface area contributed by atoms with Gasteiger partial charge in [0.25, 0.3) is 5.19 Å². The van der Waals surface area contributed by atoms with Crippen molar-refractivity contribution in [3.8, 4) is 10.9 Å². The third-order valence-electron chi connectivity index (χ3n) is 11.4. The smallest absolute Gasteiger partial charge is 0.274 e. The molecule has 2 aliphatic heterocycles. The Morgan fingerprint density at radius 1 is 1.12 bits per heavy atom. The van der Waals surface area contributed by atoms with Crippen LogP contribution in [-0.4, -0.2) is 66.4 Å². The van der Waals surface area contributed by atoms with Crippen LogP contribution in [0.5, 0.6) is 10.9 Å². The summed E-state index contributed by atoms with van der Waals surface area (Å²) in [7, 11) is -2.28. The second-order valence-corrected chi connectivity index (χ2v) is 18.4. The number of hydrogen-bond donors (Lipinski definition) is 1. The molecule has 7 rings (SSSR count). The fraction of sp³-hybridized carbons (Fsp3) is 0.538. The zero-order chi connectivity index (χ0) is 36.0. The molecule has 272 valence electrons. The predicted molar refractivity (Wildman–Crippen MR) is 196 cm³/mol. The highest BCUT2D eigenvalue weighted by molar-refractivity contribution is 7.91. The summed E-state index contributed by atoms with van der Waals surface area (Å²) in [6, 6.07) is 13.0. The number of allylic oxidation sites excluding steroid dienone is 2. The molecule has 2 aliphatic carbocycles. The van der Waals surface area contributed by atoms with Gasteiger partial charge in [-0.05, 0) is 88.5 Å². The Hall–Kier alpha value is -3.77. The summed E-state index contributed by atoms with van der Waals surface area (Å²) >= 11 is 1.38.